The predicted octanol–water partition coefficient (Wildman–Crippen LogP) is 2.48. The van der Waals surface area contributed by atoms with Gasteiger partial charge in [-0.25, -0.2) is 8.78 Å². The monoisotopic (exact) mass is 241 g/mol. The van der Waals surface area contributed by atoms with Gasteiger partial charge in [-0.05, 0) is 32.0 Å². The first kappa shape index (κ1) is 12.5. The third-order valence-electron chi connectivity index (χ3n) is 3.33. The lowest BCUT2D eigenvalue weighted by molar-refractivity contribution is 0.102. The highest BCUT2D eigenvalue weighted by Gasteiger charge is 2.24. The van der Waals surface area contributed by atoms with Crippen molar-refractivity contribution in [1.82, 2.24) is 4.90 Å². The zero-order chi connectivity index (χ0) is 12.3. The Morgan fingerprint density at radius 2 is 1.88 bits per heavy atom. The van der Waals surface area contributed by atoms with Gasteiger partial charge in [0.15, 0.2) is 0 Å². The first-order valence-corrected chi connectivity index (χ1v) is 6.02. The van der Waals surface area contributed by atoms with Gasteiger partial charge in [0.25, 0.3) is 0 Å². The van der Waals surface area contributed by atoms with Gasteiger partial charge in [-0.1, -0.05) is 12.5 Å². The Bertz CT molecular complexity index is 378. The molecule has 1 N–H and O–H groups in total. The SMILES string of the molecule is OC[C@H](c1ccc(F)cc1F)N1CCCCC1. The fourth-order valence-corrected chi connectivity index (χ4v) is 2.41. The van der Waals surface area contributed by atoms with E-state index in [2.05, 4.69) is 4.90 Å². The summed E-state index contributed by atoms with van der Waals surface area (Å²) in [6, 6.07) is 3.20. The lowest BCUT2D eigenvalue weighted by Gasteiger charge is -2.33. The topological polar surface area (TPSA) is 23.5 Å². The van der Waals surface area contributed by atoms with E-state index in [9.17, 15) is 13.9 Å². The first-order chi connectivity index (χ1) is 8.22. The number of piperidine rings is 1. The number of hydrogen-bond acceptors (Lipinski definition) is 2. The molecule has 2 rings (SSSR count). The summed E-state index contributed by atoms with van der Waals surface area (Å²) in [4.78, 5) is 2.07. The second-order valence-corrected chi connectivity index (χ2v) is 4.46. The number of aliphatic hydroxyl groups is 1. The van der Waals surface area contributed by atoms with E-state index >= 15 is 0 Å². The lowest BCUT2D eigenvalue weighted by atomic mass is 10.0. The molecule has 0 aromatic heterocycles. The van der Waals surface area contributed by atoms with Gasteiger partial charge >= 0.3 is 0 Å². The molecule has 1 atom stereocenters. The molecule has 1 heterocycles. The Kier molecular flexibility index (Phi) is 4.07. The van der Waals surface area contributed by atoms with Crippen LogP contribution in [0.15, 0.2) is 18.2 Å². The summed E-state index contributed by atoms with van der Waals surface area (Å²) < 4.78 is 26.5. The van der Waals surface area contributed by atoms with Crippen molar-refractivity contribution in [1.29, 1.82) is 0 Å². The van der Waals surface area contributed by atoms with Crippen molar-refractivity contribution in [3.05, 3.63) is 35.4 Å². The van der Waals surface area contributed by atoms with Crippen molar-refractivity contribution in [2.45, 2.75) is 25.3 Å². The summed E-state index contributed by atoms with van der Waals surface area (Å²) in [5.41, 5.74) is 0.385. The molecule has 0 bridgehead atoms. The van der Waals surface area contributed by atoms with Crippen LogP contribution in [0.2, 0.25) is 0 Å². The molecule has 1 aromatic rings. The predicted molar refractivity (Wildman–Crippen MR) is 61.6 cm³/mol. The van der Waals surface area contributed by atoms with Gasteiger partial charge < -0.3 is 5.11 Å². The lowest BCUT2D eigenvalue weighted by Crippen LogP contribution is -2.36. The fraction of sp³-hybridized carbons (Fsp3) is 0.538. The maximum absolute atomic E-state index is 13.7. The zero-order valence-corrected chi connectivity index (χ0v) is 9.70. The molecule has 1 saturated heterocycles. The molecular weight excluding hydrogens is 224 g/mol. The molecule has 17 heavy (non-hydrogen) atoms. The largest absolute Gasteiger partial charge is 0.394 e. The Morgan fingerprint density at radius 3 is 2.47 bits per heavy atom. The van der Waals surface area contributed by atoms with Gasteiger partial charge in [-0.15, -0.1) is 0 Å². The van der Waals surface area contributed by atoms with Crippen LogP contribution in [0, 0.1) is 11.6 Å². The van der Waals surface area contributed by atoms with Crippen molar-refractivity contribution >= 4 is 0 Å². The molecule has 0 aliphatic carbocycles. The molecule has 94 valence electrons. The summed E-state index contributed by atoms with van der Waals surface area (Å²) in [5.74, 6) is -1.16. The van der Waals surface area contributed by atoms with E-state index in [0.717, 1.165) is 32.0 Å². The third-order valence-corrected chi connectivity index (χ3v) is 3.33. The number of nitrogens with zero attached hydrogens (tertiary/aromatic N) is 1. The summed E-state index contributed by atoms with van der Waals surface area (Å²) in [7, 11) is 0. The number of rotatable bonds is 3. The maximum Gasteiger partial charge on any atom is 0.130 e. The fourth-order valence-electron chi connectivity index (χ4n) is 2.41. The second kappa shape index (κ2) is 5.56. The van der Waals surface area contributed by atoms with Gasteiger partial charge in [0.05, 0.1) is 12.6 Å². The minimum atomic E-state index is -0.582. The van der Waals surface area contributed by atoms with E-state index in [1.807, 2.05) is 0 Å². The van der Waals surface area contributed by atoms with Crippen LogP contribution in [-0.4, -0.2) is 29.7 Å². The zero-order valence-electron chi connectivity index (χ0n) is 9.70. The highest BCUT2D eigenvalue weighted by atomic mass is 19.1. The highest BCUT2D eigenvalue weighted by molar-refractivity contribution is 5.22. The summed E-state index contributed by atoms with van der Waals surface area (Å²) in [5, 5.41) is 9.42. The molecule has 0 radical (unpaired) electrons. The Hall–Kier alpha value is -1.00. The average molecular weight is 241 g/mol. The standard InChI is InChI=1S/C13H17F2NO/c14-10-4-5-11(12(15)8-10)13(9-17)16-6-2-1-3-7-16/h4-5,8,13,17H,1-3,6-7,9H2/t13-/m1/s1. The van der Waals surface area contributed by atoms with E-state index in [-0.39, 0.29) is 12.6 Å². The van der Waals surface area contributed by atoms with Crippen molar-refractivity contribution < 1.29 is 13.9 Å². The molecule has 0 amide bonds. The van der Waals surface area contributed by atoms with Crippen molar-refractivity contribution in [2.75, 3.05) is 19.7 Å². The first-order valence-electron chi connectivity index (χ1n) is 6.02. The van der Waals surface area contributed by atoms with Crippen LogP contribution in [0.5, 0.6) is 0 Å². The molecule has 1 aliphatic heterocycles. The van der Waals surface area contributed by atoms with Gasteiger partial charge in [-0.2, -0.15) is 0 Å². The molecule has 1 fully saturated rings. The van der Waals surface area contributed by atoms with Crippen LogP contribution < -0.4 is 0 Å². The van der Waals surface area contributed by atoms with Crippen molar-refractivity contribution in [3.63, 3.8) is 0 Å². The third kappa shape index (κ3) is 2.82. The van der Waals surface area contributed by atoms with Crippen LogP contribution in [0.3, 0.4) is 0 Å². The van der Waals surface area contributed by atoms with Crippen LogP contribution in [0.4, 0.5) is 8.78 Å². The van der Waals surface area contributed by atoms with E-state index in [1.165, 1.54) is 18.6 Å². The molecule has 0 unspecified atom stereocenters. The maximum atomic E-state index is 13.7. The Morgan fingerprint density at radius 1 is 1.18 bits per heavy atom. The van der Waals surface area contributed by atoms with Crippen LogP contribution in [0.25, 0.3) is 0 Å². The van der Waals surface area contributed by atoms with Crippen LogP contribution >= 0.6 is 0 Å². The minimum absolute atomic E-state index is 0.136. The molecule has 2 nitrogen and oxygen atoms in total. The number of benzene rings is 1. The quantitative estimate of drug-likeness (QED) is 0.878. The average Bonchev–Trinajstić information content (AvgIpc) is 2.34. The van der Waals surface area contributed by atoms with E-state index < -0.39 is 11.6 Å². The number of likely N-dealkylation sites (tertiary alicyclic amines) is 1. The molecule has 1 aliphatic rings. The van der Waals surface area contributed by atoms with Crippen LogP contribution in [-0.2, 0) is 0 Å². The molecular formula is C13H17F2NO. The summed E-state index contributed by atoms with van der Waals surface area (Å²) in [6.07, 6.45) is 3.32. The summed E-state index contributed by atoms with van der Waals surface area (Å²) >= 11 is 0. The van der Waals surface area contributed by atoms with Crippen LogP contribution in [0.1, 0.15) is 30.9 Å². The van der Waals surface area contributed by atoms with Gasteiger partial charge in [0, 0.05) is 11.6 Å². The Balaban J connectivity index is 2.21. The van der Waals surface area contributed by atoms with E-state index in [1.54, 1.807) is 0 Å². The molecule has 1 aromatic carbocycles. The van der Waals surface area contributed by atoms with Gasteiger partial charge in [0.1, 0.15) is 11.6 Å². The molecule has 0 spiro atoms. The van der Waals surface area contributed by atoms with Gasteiger partial charge in [0.2, 0.25) is 0 Å². The van der Waals surface area contributed by atoms with E-state index in [4.69, 9.17) is 0 Å². The number of halogens is 2. The van der Waals surface area contributed by atoms with Crippen molar-refractivity contribution in [3.8, 4) is 0 Å². The molecule has 4 heteroatoms. The smallest absolute Gasteiger partial charge is 0.130 e. The second-order valence-electron chi connectivity index (χ2n) is 4.46. The van der Waals surface area contributed by atoms with E-state index in [0.29, 0.717) is 5.56 Å². The normalized spacial score (nSPS) is 19.2. The highest BCUT2D eigenvalue weighted by Crippen LogP contribution is 2.26. The number of hydrogen-bond donors (Lipinski definition) is 1. The minimum Gasteiger partial charge on any atom is -0.394 e. The summed E-state index contributed by atoms with van der Waals surface area (Å²) in [6.45, 7) is 1.59. The Labute approximate surface area is 99.9 Å². The van der Waals surface area contributed by atoms with Crippen molar-refractivity contribution in [2.24, 2.45) is 0 Å². The molecule has 0 saturated carbocycles. The number of aliphatic hydroxyl groups excluding tert-OH is 1. The van der Waals surface area contributed by atoms with Gasteiger partial charge in [-0.3, -0.25) is 4.90 Å².